The largest absolute Gasteiger partial charge is 0.443 e. The molecule has 0 atom stereocenters. The molecule has 0 aromatic heterocycles. The van der Waals surface area contributed by atoms with Crippen LogP contribution in [-0.4, -0.2) is 5.90 Å². The third kappa shape index (κ3) is 5.91. The zero-order valence-electron chi connectivity index (χ0n) is 13.0. The van der Waals surface area contributed by atoms with Gasteiger partial charge in [0, 0.05) is 17.8 Å². The zero-order chi connectivity index (χ0) is 15.0. The number of nitrogens with two attached hydrogens (primary N) is 1. The number of aliphatic imine (C=N–C) groups is 1. The van der Waals surface area contributed by atoms with Gasteiger partial charge in [-0.15, -0.1) is 0 Å². The summed E-state index contributed by atoms with van der Waals surface area (Å²) in [5.74, 6) is 1.71. The summed E-state index contributed by atoms with van der Waals surface area (Å²) in [6, 6.07) is 8.24. The minimum atomic E-state index is 0.213. The molecule has 3 nitrogen and oxygen atoms in total. The van der Waals surface area contributed by atoms with E-state index in [4.69, 9.17) is 10.5 Å². The van der Waals surface area contributed by atoms with Crippen LogP contribution in [0.2, 0.25) is 0 Å². The highest BCUT2D eigenvalue weighted by Gasteiger charge is 2.07. The Kier molecular flexibility index (Phi) is 6.85. The van der Waals surface area contributed by atoms with Crippen molar-refractivity contribution >= 4 is 5.90 Å². The van der Waals surface area contributed by atoms with Crippen LogP contribution < -0.4 is 10.5 Å². The van der Waals surface area contributed by atoms with E-state index in [0.29, 0.717) is 11.6 Å². The average Bonchev–Trinajstić information content (AvgIpc) is 2.42. The summed E-state index contributed by atoms with van der Waals surface area (Å²) in [5.41, 5.74) is 7.61. The number of benzene rings is 1. The summed E-state index contributed by atoms with van der Waals surface area (Å²) >= 11 is 0. The molecule has 1 aromatic rings. The Morgan fingerprint density at radius 1 is 1.30 bits per heavy atom. The molecule has 0 unspecified atom stereocenters. The summed E-state index contributed by atoms with van der Waals surface area (Å²) in [5, 5.41) is 0. The summed E-state index contributed by atoms with van der Waals surface area (Å²) in [6.45, 7) is 8.11. The van der Waals surface area contributed by atoms with Crippen molar-refractivity contribution in [3.05, 3.63) is 41.7 Å². The van der Waals surface area contributed by atoms with Crippen LogP contribution in [0, 0.1) is 5.92 Å². The number of aryl methyl sites for hydroxylation is 1. The Bertz CT molecular complexity index is 454. The van der Waals surface area contributed by atoms with Crippen molar-refractivity contribution in [1.82, 2.24) is 0 Å². The maximum absolute atomic E-state index is 5.84. The van der Waals surface area contributed by atoms with E-state index in [1.54, 1.807) is 6.20 Å². The molecule has 110 valence electrons. The smallest absolute Gasteiger partial charge is 0.197 e. The molecule has 0 amide bonds. The highest BCUT2D eigenvalue weighted by molar-refractivity contribution is 5.81. The molecule has 0 spiro atoms. The molecule has 0 saturated heterocycles. The van der Waals surface area contributed by atoms with Gasteiger partial charge >= 0.3 is 0 Å². The highest BCUT2D eigenvalue weighted by atomic mass is 16.5. The van der Waals surface area contributed by atoms with Gasteiger partial charge in [-0.2, -0.15) is 0 Å². The van der Waals surface area contributed by atoms with Crippen molar-refractivity contribution in [2.45, 2.75) is 47.0 Å². The lowest BCUT2D eigenvalue weighted by atomic mass is 10.1. The predicted octanol–water partition coefficient (Wildman–Crippen LogP) is 4.28. The molecular weight excluding hydrogens is 248 g/mol. The van der Waals surface area contributed by atoms with Crippen LogP contribution in [0.3, 0.4) is 0 Å². The van der Waals surface area contributed by atoms with Gasteiger partial charge in [0.1, 0.15) is 5.75 Å². The minimum Gasteiger partial charge on any atom is -0.443 e. The van der Waals surface area contributed by atoms with Gasteiger partial charge in [-0.3, -0.25) is 0 Å². The lowest BCUT2D eigenvalue weighted by molar-refractivity contribution is 0.506. The first-order valence-electron chi connectivity index (χ1n) is 7.29. The molecule has 1 rings (SSSR count). The molecule has 0 aliphatic rings. The van der Waals surface area contributed by atoms with Crippen molar-refractivity contribution < 1.29 is 4.74 Å². The van der Waals surface area contributed by atoms with Gasteiger partial charge in [-0.05, 0) is 37.5 Å². The third-order valence-corrected chi connectivity index (χ3v) is 2.85. The van der Waals surface area contributed by atoms with Crippen molar-refractivity contribution in [3.8, 4) is 5.75 Å². The zero-order valence-corrected chi connectivity index (χ0v) is 13.0. The van der Waals surface area contributed by atoms with Gasteiger partial charge in [0.05, 0.1) is 0 Å². The first-order valence-corrected chi connectivity index (χ1v) is 7.29. The lowest BCUT2D eigenvalue weighted by Gasteiger charge is -2.11. The van der Waals surface area contributed by atoms with Crippen molar-refractivity contribution in [1.29, 1.82) is 0 Å². The maximum atomic E-state index is 5.84. The molecule has 0 saturated carbocycles. The number of rotatable bonds is 6. The Morgan fingerprint density at radius 2 is 1.95 bits per heavy atom. The van der Waals surface area contributed by atoms with E-state index in [1.165, 1.54) is 18.4 Å². The second kappa shape index (κ2) is 8.41. The second-order valence-corrected chi connectivity index (χ2v) is 5.34. The van der Waals surface area contributed by atoms with E-state index in [2.05, 4.69) is 24.0 Å². The van der Waals surface area contributed by atoms with Gasteiger partial charge in [0.25, 0.3) is 0 Å². The van der Waals surface area contributed by atoms with E-state index in [0.717, 1.165) is 12.2 Å². The standard InChI is InChI=1S/C17H26N2O/c1-5-6-7-15-8-10-16(11-9-15)20-17(13(2)3)19-12-14(4)18/h8-13H,5-7,18H2,1-4H3/b14-12+,19-17?. The number of hydrogen-bond acceptors (Lipinski definition) is 3. The number of unbranched alkanes of at least 4 members (excludes halogenated alkanes) is 1. The van der Waals surface area contributed by atoms with E-state index in [9.17, 15) is 0 Å². The Morgan fingerprint density at radius 3 is 2.45 bits per heavy atom. The van der Waals surface area contributed by atoms with Crippen molar-refractivity contribution in [3.63, 3.8) is 0 Å². The molecule has 0 radical (unpaired) electrons. The van der Waals surface area contributed by atoms with Crippen LogP contribution in [0.4, 0.5) is 0 Å². The summed E-state index contributed by atoms with van der Waals surface area (Å²) < 4.78 is 5.84. The topological polar surface area (TPSA) is 47.6 Å². The second-order valence-electron chi connectivity index (χ2n) is 5.34. The average molecular weight is 274 g/mol. The number of hydrogen-bond donors (Lipinski definition) is 1. The van der Waals surface area contributed by atoms with Crippen LogP contribution in [0.25, 0.3) is 0 Å². The fraction of sp³-hybridized carbons (Fsp3) is 0.471. The van der Waals surface area contributed by atoms with Gasteiger partial charge in [0.15, 0.2) is 5.90 Å². The Labute approximate surface area is 122 Å². The molecule has 0 fully saturated rings. The molecule has 0 aliphatic heterocycles. The van der Waals surface area contributed by atoms with Crippen LogP contribution in [0.15, 0.2) is 41.2 Å². The van der Waals surface area contributed by atoms with E-state index >= 15 is 0 Å². The monoisotopic (exact) mass is 274 g/mol. The van der Waals surface area contributed by atoms with Crippen LogP contribution >= 0.6 is 0 Å². The molecule has 2 N–H and O–H groups in total. The first-order chi connectivity index (χ1) is 9.52. The number of nitrogens with zero attached hydrogens (tertiary/aromatic N) is 1. The minimum absolute atomic E-state index is 0.213. The molecule has 0 aliphatic carbocycles. The fourth-order valence-corrected chi connectivity index (χ4v) is 1.68. The van der Waals surface area contributed by atoms with Crippen LogP contribution in [0.5, 0.6) is 5.75 Å². The lowest BCUT2D eigenvalue weighted by Crippen LogP contribution is -2.15. The predicted molar refractivity (Wildman–Crippen MR) is 85.9 cm³/mol. The summed E-state index contributed by atoms with van der Waals surface area (Å²) in [6.07, 6.45) is 5.19. The third-order valence-electron chi connectivity index (χ3n) is 2.85. The maximum Gasteiger partial charge on any atom is 0.197 e. The van der Waals surface area contributed by atoms with Gasteiger partial charge in [-0.1, -0.05) is 39.3 Å². The molecule has 20 heavy (non-hydrogen) atoms. The molecule has 0 heterocycles. The molecular formula is C17H26N2O. The highest BCUT2D eigenvalue weighted by Crippen LogP contribution is 2.16. The summed E-state index contributed by atoms with van der Waals surface area (Å²) in [4.78, 5) is 4.30. The first kappa shape index (κ1) is 16.3. The van der Waals surface area contributed by atoms with Gasteiger partial charge in [-0.25, -0.2) is 4.99 Å². The SMILES string of the molecule is CCCCc1ccc(OC(=N/C=C(\C)N)C(C)C)cc1. The van der Waals surface area contributed by atoms with Crippen LogP contribution in [-0.2, 0) is 6.42 Å². The van der Waals surface area contributed by atoms with Crippen LogP contribution in [0.1, 0.15) is 46.1 Å². The van der Waals surface area contributed by atoms with Crippen molar-refractivity contribution in [2.75, 3.05) is 0 Å². The van der Waals surface area contributed by atoms with Gasteiger partial charge < -0.3 is 10.5 Å². The quantitative estimate of drug-likeness (QED) is 0.621. The molecule has 3 heteroatoms. The molecule has 1 aromatic carbocycles. The van der Waals surface area contributed by atoms with E-state index in [-0.39, 0.29) is 5.92 Å². The normalized spacial score (nSPS) is 12.8. The van der Waals surface area contributed by atoms with Crippen molar-refractivity contribution in [2.24, 2.45) is 16.6 Å². The van der Waals surface area contributed by atoms with E-state index in [1.807, 2.05) is 32.9 Å². The number of ether oxygens (including phenoxy) is 1. The Balaban J connectivity index is 2.74. The summed E-state index contributed by atoms with van der Waals surface area (Å²) in [7, 11) is 0. The van der Waals surface area contributed by atoms with Gasteiger partial charge in [0.2, 0.25) is 0 Å². The van der Waals surface area contributed by atoms with E-state index < -0.39 is 0 Å². The fourth-order valence-electron chi connectivity index (χ4n) is 1.68. The molecule has 0 bridgehead atoms. The Hall–Kier alpha value is -1.77. The number of allylic oxidation sites excluding steroid dienone is 1.